The van der Waals surface area contributed by atoms with Gasteiger partial charge in [0.25, 0.3) is 0 Å². The lowest BCUT2D eigenvalue weighted by Gasteiger charge is -2.15. The number of carbonyl (C=O) groups excluding carboxylic acids is 2. The van der Waals surface area contributed by atoms with E-state index in [1.807, 2.05) is 0 Å². The Morgan fingerprint density at radius 2 is 2.03 bits per heavy atom. The standard InChI is InChI=1S/C20H24ClN3O5S2/c1-11-18(12-7-8-14(21)16(9-12)31(2,27)28)30-20(23-11)24-17(25)10-15(22)19(26)29-13-5-3-4-6-13/h7-9,13,15H,3-6,10,22H2,1-2H3,(H,23,24,25)/t15-/m1/s1. The van der Waals surface area contributed by atoms with Gasteiger partial charge in [0.15, 0.2) is 15.0 Å². The van der Waals surface area contributed by atoms with Crippen molar-refractivity contribution < 1.29 is 22.7 Å². The SMILES string of the molecule is Cc1nc(NC(=O)C[C@@H](N)C(=O)OC2CCCC2)sc1-c1ccc(Cl)c(S(C)(=O)=O)c1. The van der Waals surface area contributed by atoms with Gasteiger partial charge in [-0.25, -0.2) is 13.4 Å². The van der Waals surface area contributed by atoms with Crippen LogP contribution in [0, 0.1) is 6.92 Å². The minimum Gasteiger partial charge on any atom is -0.461 e. The number of thiazole rings is 1. The molecule has 1 aromatic carbocycles. The van der Waals surface area contributed by atoms with Gasteiger partial charge in [0.05, 0.1) is 26.9 Å². The van der Waals surface area contributed by atoms with Crippen LogP contribution in [-0.4, -0.2) is 43.7 Å². The van der Waals surface area contributed by atoms with E-state index in [2.05, 4.69) is 10.3 Å². The number of ether oxygens (including phenoxy) is 1. The molecule has 1 aliphatic rings. The second-order valence-electron chi connectivity index (χ2n) is 7.55. The third-order valence-electron chi connectivity index (χ3n) is 4.93. The molecule has 2 aromatic rings. The number of halogens is 1. The van der Waals surface area contributed by atoms with Crippen LogP contribution in [-0.2, 0) is 24.2 Å². The molecule has 1 fully saturated rings. The predicted octanol–water partition coefficient (Wildman–Crippen LogP) is 3.32. The second-order valence-corrected chi connectivity index (χ2v) is 10.9. The topological polar surface area (TPSA) is 128 Å². The number of carbonyl (C=O) groups is 2. The van der Waals surface area contributed by atoms with Crippen LogP contribution in [0.15, 0.2) is 23.1 Å². The van der Waals surface area contributed by atoms with E-state index in [1.165, 1.54) is 23.5 Å². The van der Waals surface area contributed by atoms with Crippen molar-refractivity contribution in [3.63, 3.8) is 0 Å². The molecule has 1 aliphatic carbocycles. The highest BCUT2D eigenvalue weighted by atomic mass is 35.5. The first-order valence-corrected chi connectivity index (χ1v) is 12.9. The molecule has 0 unspecified atom stereocenters. The third-order valence-corrected chi connectivity index (χ3v) is 7.63. The summed E-state index contributed by atoms with van der Waals surface area (Å²) in [4.78, 5) is 29.4. The smallest absolute Gasteiger partial charge is 0.323 e. The average molecular weight is 486 g/mol. The molecule has 1 atom stereocenters. The van der Waals surface area contributed by atoms with Gasteiger partial charge in [0.2, 0.25) is 5.91 Å². The summed E-state index contributed by atoms with van der Waals surface area (Å²) >= 11 is 7.20. The Hall–Kier alpha value is -2.01. The molecule has 0 aliphatic heterocycles. The molecule has 1 aromatic heterocycles. The number of hydrogen-bond donors (Lipinski definition) is 2. The number of anilines is 1. The van der Waals surface area contributed by atoms with Crippen LogP contribution in [0.4, 0.5) is 5.13 Å². The first-order valence-electron chi connectivity index (χ1n) is 9.78. The lowest BCUT2D eigenvalue weighted by molar-refractivity contribution is -0.151. The van der Waals surface area contributed by atoms with Gasteiger partial charge < -0.3 is 15.8 Å². The number of hydrogen-bond acceptors (Lipinski definition) is 8. The van der Waals surface area contributed by atoms with Crippen molar-refractivity contribution in [2.75, 3.05) is 11.6 Å². The van der Waals surface area contributed by atoms with E-state index in [1.54, 1.807) is 13.0 Å². The number of aryl methyl sites for hydroxylation is 1. The van der Waals surface area contributed by atoms with Crippen LogP contribution in [0.25, 0.3) is 10.4 Å². The zero-order valence-electron chi connectivity index (χ0n) is 17.2. The largest absolute Gasteiger partial charge is 0.461 e. The van der Waals surface area contributed by atoms with Gasteiger partial charge in [-0.2, -0.15) is 0 Å². The maximum absolute atomic E-state index is 12.3. The molecule has 0 spiro atoms. The van der Waals surface area contributed by atoms with E-state index >= 15 is 0 Å². The van der Waals surface area contributed by atoms with Crippen LogP contribution in [0.3, 0.4) is 0 Å². The van der Waals surface area contributed by atoms with E-state index in [9.17, 15) is 18.0 Å². The molecule has 0 radical (unpaired) electrons. The summed E-state index contributed by atoms with van der Waals surface area (Å²) in [6.07, 6.45) is 4.47. The molecule has 1 saturated carbocycles. The van der Waals surface area contributed by atoms with Gasteiger partial charge in [-0.1, -0.05) is 29.0 Å². The lowest BCUT2D eigenvalue weighted by atomic mass is 10.2. The fourth-order valence-electron chi connectivity index (χ4n) is 3.36. The molecular formula is C20H24ClN3O5S2. The number of nitrogens with one attached hydrogen (secondary N) is 1. The Bertz CT molecular complexity index is 1090. The van der Waals surface area contributed by atoms with Crippen LogP contribution in [0.5, 0.6) is 0 Å². The molecule has 1 amide bonds. The van der Waals surface area contributed by atoms with E-state index in [4.69, 9.17) is 22.1 Å². The third kappa shape index (κ3) is 6.03. The van der Waals surface area contributed by atoms with Crippen LogP contribution < -0.4 is 11.1 Å². The zero-order chi connectivity index (χ0) is 22.8. The van der Waals surface area contributed by atoms with Crippen molar-refractivity contribution in [1.29, 1.82) is 0 Å². The summed E-state index contributed by atoms with van der Waals surface area (Å²) in [7, 11) is -3.49. The Morgan fingerprint density at radius 1 is 1.35 bits per heavy atom. The van der Waals surface area contributed by atoms with Gasteiger partial charge in [-0.05, 0) is 50.3 Å². The number of esters is 1. The van der Waals surface area contributed by atoms with E-state index < -0.39 is 27.8 Å². The minimum atomic E-state index is -3.49. The number of rotatable bonds is 7. The van der Waals surface area contributed by atoms with E-state index in [0.29, 0.717) is 21.3 Å². The molecule has 3 N–H and O–H groups in total. The van der Waals surface area contributed by atoms with Gasteiger partial charge in [-0.3, -0.25) is 9.59 Å². The summed E-state index contributed by atoms with van der Waals surface area (Å²) in [5, 5.41) is 3.11. The molecule has 31 heavy (non-hydrogen) atoms. The Balaban J connectivity index is 1.67. The molecule has 11 heteroatoms. The number of nitrogens with two attached hydrogens (primary N) is 1. The van der Waals surface area contributed by atoms with Crippen molar-refractivity contribution in [3.05, 3.63) is 28.9 Å². The predicted molar refractivity (Wildman–Crippen MR) is 120 cm³/mol. The van der Waals surface area contributed by atoms with Crippen LogP contribution in [0.2, 0.25) is 5.02 Å². The Morgan fingerprint density at radius 3 is 2.68 bits per heavy atom. The zero-order valence-corrected chi connectivity index (χ0v) is 19.6. The fraction of sp³-hybridized carbons (Fsp3) is 0.450. The Kier molecular flexibility index (Phi) is 7.35. The minimum absolute atomic E-state index is 0.0248. The summed E-state index contributed by atoms with van der Waals surface area (Å²) in [5.74, 6) is -1.03. The van der Waals surface area contributed by atoms with Crippen molar-refractivity contribution in [1.82, 2.24) is 4.98 Å². The van der Waals surface area contributed by atoms with Gasteiger partial charge in [-0.15, -0.1) is 0 Å². The highest BCUT2D eigenvalue weighted by molar-refractivity contribution is 7.90. The first-order chi connectivity index (χ1) is 14.5. The fourth-order valence-corrected chi connectivity index (χ4v) is 5.64. The summed E-state index contributed by atoms with van der Waals surface area (Å²) in [6.45, 7) is 1.75. The first kappa shape index (κ1) is 23.6. The summed E-state index contributed by atoms with van der Waals surface area (Å²) in [6, 6.07) is 3.64. The number of aromatic nitrogens is 1. The van der Waals surface area contributed by atoms with E-state index in [0.717, 1.165) is 31.9 Å². The summed E-state index contributed by atoms with van der Waals surface area (Å²) in [5.41, 5.74) is 7.07. The maximum Gasteiger partial charge on any atom is 0.323 e. The lowest BCUT2D eigenvalue weighted by Crippen LogP contribution is -2.37. The average Bonchev–Trinajstić information content (AvgIpc) is 3.30. The quantitative estimate of drug-likeness (QED) is 0.575. The van der Waals surface area contributed by atoms with Gasteiger partial charge in [0, 0.05) is 6.26 Å². The molecular weight excluding hydrogens is 462 g/mol. The Labute approximate surface area is 190 Å². The second kappa shape index (κ2) is 9.64. The van der Waals surface area contributed by atoms with Gasteiger partial charge in [0.1, 0.15) is 12.1 Å². The number of amides is 1. The number of benzene rings is 1. The molecule has 3 rings (SSSR count). The molecule has 0 saturated heterocycles. The number of nitrogens with zero attached hydrogens (tertiary/aromatic N) is 1. The van der Waals surface area contributed by atoms with Crippen molar-refractivity contribution in [3.8, 4) is 10.4 Å². The van der Waals surface area contributed by atoms with Crippen molar-refractivity contribution in [2.45, 2.75) is 56.1 Å². The molecule has 168 valence electrons. The van der Waals surface area contributed by atoms with Crippen LogP contribution in [0.1, 0.15) is 37.8 Å². The molecule has 1 heterocycles. The molecule has 8 nitrogen and oxygen atoms in total. The van der Waals surface area contributed by atoms with E-state index in [-0.39, 0.29) is 22.4 Å². The molecule has 0 bridgehead atoms. The highest BCUT2D eigenvalue weighted by Crippen LogP contribution is 2.35. The maximum atomic E-state index is 12.3. The highest BCUT2D eigenvalue weighted by Gasteiger charge is 2.25. The van der Waals surface area contributed by atoms with Gasteiger partial charge >= 0.3 is 5.97 Å². The van der Waals surface area contributed by atoms with Crippen LogP contribution >= 0.6 is 22.9 Å². The van der Waals surface area contributed by atoms with Crippen molar-refractivity contribution >= 4 is 49.8 Å². The monoisotopic (exact) mass is 485 g/mol. The summed E-state index contributed by atoms with van der Waals surface area (Å²) < 4.78 is 29.2. The normalized spacial score (nSPS) is 15.6. The number of sulfone groups is 1. The van der Waals surface area contributed by atoms with Crippen molar-refractivity contribution in [2.24, 2.45) is 5.73 Å².